The highest BCUT2D eigenvalue weighted by Gasteiger charge is 2.50. The van der Waals surface area contributed by atoms with Crippen LogP contribution in [-0.4, -0.2) is 66.5 Å². The number of rotatable bonds is 8. The third-order valence-corrected chi connectivity index (χ3v) is 6.17. The Morgan fingerprint density at radius 3 is 2.45 bits per heavy atom. The lowest BCUT2D eigenvalue weighted by atomic mass is 9.82. The number of likely N-dealkylation sites (tertiary alicyclic amines) is 1. The summed E-state index contributed by atoms with van der Waals surface area (Å²) in [6.45, 7) is 11.7. The summed E-state index contributed by atoms with van der Waals surface area (Å²) >= 11 is 0. The quantitative estimate of drug-likeness (QED) is 0.680. The Hall–Kier alpha value is -2.18. The van der Waals surface area contributed by atoms with Gasteiger partial charge in [0, 0.05) is 51.1 Å². The average Bonchev–Trinajstić information content (AvgIpc) is 2.97. The van der Waals surface area contributed by atoms with Gasteiger partial charge < -0.3 is 15.0 Å². The van der Waals surface area contributed by atoms with E-state index in [1.165, 1.54) is 5.56 Å². The molecule has 1 spiro atoms. The van der Waals surface area contributed by atoms with Crippen LogP contribution in [0.3, 0.4) is 0 Å². The van der Waals surface area contributed by atoms with Crippen molar-refractivity contribution in [3.63, 3.8) is 0 Å². The van der Waals surface area contributed by atoms with Crippen LogP contribution >= 0.6 is 0 Å². The first-order chi connectivity index (χ1) is 14.0. The highest BCUT2D eigenvalue weighted by Crippen LogP contribution is 2.41. The van der Waals surface area contributed by atoms with Gasteiger partial charge in [-0.15, -0.1) is 0 Å². The molecule has 2 heterocycles. The molecule has 1 saturated heterocycles. The molecule has 0 saturated carbocycles. The monoisotopic (exact) mass is 399 g/mol. The number of piperidine rings is 1. The SMILES string of the molecule is CCN(CC)CCNC(=O)C1=C(C)C(=O)OC12CCN(Cc1ccccc1)CC2. The van der Waals surface area contributed by atoms with Crippen LogP contribution in [0.5, 0.6) is 0 Å². The van der Waals surface area contributed by atoms with Gasteiger partial charge in [0.25, 0.3) is 5.91 Å². The summed E-state index contributed by atoms with van der Waals surface area (Å²) in [4.78, 5) is 29.9. The number of hydrogen-bond acceptors (Lipinski definition) is 5. The molecule has 1 N–H and O–H groups in total. The number of nitrogens with zero attached hydrogens (tertiary/aromatic N) is 2. The fourth-order valence-corrected chi connectivity index (χ4v) is 4.35. The van der Waals surface area contributed by atoms with E-state index in [9.17, 15) is 9.59 Å². The number of carbonyl (C=O) groups is 2. The first kappa shape index (κ1) is 21.5. The van der Waals surface area contributed by atoms with E-state index in [1.807, 2.05) is 18.2 Å². The molecule has 29 heavy (non-hydrogen) atoms. The van der Waals surface area contributed by atoms with Crippen molar-refractivity contribution >= 4 is 11.9 Å². The maximum Gasteiger partial charge on any atom is 0.335 e. The molecule has 3 rings (SSSR count). The molecule has 158 valence electrons. The zero-order chi connectivity index (χ0) is 20.9. The first-order valence-corrected chi connectivity index (χ1v) is 10.7. The summed E-state index contributed by atoms with van der Waals surface area (Å²) in [7, 11) is 0. The van der Waals surface area contributed by atoms with Crippen molar-refractivity contribution < 1.29 is 14.3 Å². The summed E-state index contributed by atoms with van der Waals surface area (Å²) in [5, 5.41) is 3.01. The van der Waals surface area contributed by atoms with Gasteiger partial charge in [0.1, 0.15) is 5.60 Å². The average molecular weight is 400 g/mol. The topological polar surface area (TPSA) is 61.9 Å². The van der Waals surface area contributed by atoms with Gasteiger partial charge in [0.2, 0.25) is 0 Å². The van der Waals surface area contributed by atoms with Crippen LogP contribution in [0.15, 0.2) is 41.5 Å². The van der Waals surface area contributed by atoms with E-state index in [-0.39, 0.29) is 11.9 Å². The van der Waals surface area contributed by atoms with Gasteiger partial charge in [0.05, 0.1) is 5.57 Å². The summed E-state index contributed by atoms with van der Waals surface area (Å²) in [6, 6.07) is 10.4. The highest BCUT2D eigenvalue weighted by atomic mass is 16.6. The number of ether oxygens (including phenoxy) is 1. The minimum absolute atomic E-state index is 0.156. The zero-order valence-corrected chi connectivity index (χ0v) is 17.9. The minimum Gasteiger partial charge on any atom is -0.450 e. The van der Waals surface area contributed by atoms with Crippen molar-refractivity contribution in [1.82, 2.24) is 15.1 Å². The Bertz CT molecular complexity index is 748. The Morgan fingerprint density at radius 2 is 1.83 bits per heavy atom. The molecule has 1 aromatic carbocycles. The maximum atomic E-state index is 13.0. The molecular formula is C23H33N3O3. The van der Waals surface area contributed by atoms with E-state index in [1.54, 1.807) is 6.92 Å². The number of nitrogens with one attached hydrogen (secondary N) is 1. The van der Waals surface area contributed by atoms with Crippen LogP contribution in [0.1, 0.15) is 39.2 Å². The van der Waals surface area contributed by atoms with Gasteiger partial charge in [-0.3, -0.25) is 9.69 Å². The van der Waals surface area contributed by atoms with Gasteiger partial charge in [-0.2, -0.15) is 0 Å². The molecule has 1 aromatic rings. The molecule has 0 bridgehead atoms. The van der Waals surface area contributed by atoms with E-state index >= 15 is 0 Å². The van der Waals surface area contributed by atoms with Crippen molar-refractivity contribution in [1.29, 1.82) is 0 Å². The summed E-state index contributed by atoms with van der Waals surface area (Å²) in [5.74, 6) is -0.507. The third kappa shape index (κ3) is 4.87. The molecule has 2 aliphatic heterocycles. The van der Waals surface area contributed by atoms with Gasteiger partial charge in [-0.25, -0.2) is 4.79 Å². The molecule has 6 nitrogen and oxygen atoms in total. The van der Waals surface area contributed by atoms with Crippen LogP contribution < -0.4 is 5.32 Å². The lowest BCUT2D eigenvalue weighted by Gasteiger charge is -2.39. The van der Waals surface area contributed by atoms with Crippen LogP contribution in [-0.2, 0) is 20.9 Å². The molecular weight excluding hydrogens is 366 g/mol. The Labute approximate surface area is 173 Å². The molecule has 0 aromatic heterocycles. The molecule has 2 aliphatic rings. The molecule has 0 unspecified atom stereocenters. The predicted octanol–water partition coefficient (Wildman–Crippen LogP) is 2.35. The minimum atomic E-state index is -0.770. The summed E-state index contributed by atoms with van der Waals surface area (Å²) in [5.41, 5.74) is 1.50. The number of likely N-dealkylation sites (N-methyl/N-ethyl adjacent to an activating group) is 1. The van der Waals surface area contributed by atoms with Crippen molar-refractivity contribution in [2.24, 2.45) is 0 Å². The first-order valence-electron chi connectivity index (χ1n) is 10.7. The maximum absolute atomic E-state index is 13.0. The van der Waals surface area contributed by atoms with E-state index < -0.39 is 5.60 Å². The molecule has 1 fully saturated rings. The molecule has 0 atom stereocenters. The number of hydrogen-bond donors (Lipinski definition) is 1. The van der Waals surface area contributed by atoms with E-state index in [4.69, 9.17) is 4.74 Å². The molecule has 0 aliphatic carbocycles. The molecule has 0 radical (unpaired) electrons. The number of amides is 1. The van der Waals surface area contributed by atoms with Gasteiger partial charge >= 0.3 is 5.97 Å². The van der Waals surface area contributed by atoms with E-state index in [0.717, 1.165) is 39.3 Å². The van der Waals surface area contributed by atoms with Crippen molar-refractivity contribution in [2.45, 2.75) is 45.8 Å². The van der Waals surface area contributed by atoms with Crippen LogP contribution in [0.4, 0.5) is 0 Å². The number of carbonyl (C=O) groups excluding carboxylic acids is 2. The van der Waals surface area contributed by atoms with Crippen LogP contribution in [0.25, 0.3) is 0 Å². The lowest BCUT2D eigenvalue weighted by molar-refractivity contribution is -0.151. The normalized spacial score (nSPS) is 19.1. The molecule has 6 heteroatoms. The fraction of sp³-hybridized carbons (Fsp3) is 0.565. The molecule has 1 amide bonds. The van der Waals surface area contributed by atoms with Gasteiger partial charge in [-0.05, 0) is 25.6 Å². The second-order valence-corrected chi connectivity index (χ2v) is 7.93. The number of esters is 1. The van der Waals surface area contributed by atoms with Crippen LogP contribution in [0.2, 0.25) is 0 Å². The van der Waals surface area contributed by atoms with Crippen LogP contribution in [0, 0.1) is 0 Å². The van der Waals surface area contributed by atoms with Gasteiger partial charge in [0.15, 0.2) is 0 Å². The standard InChI is InChI=1S/C23H33N3O3/c1-4-25(5-2)16-13-24-21(27)20-18(3)22(28)29-23(20)11-14-26(15-12-23)17-19-9-7-6-8-10-19/h6-10H,4-5,11-17H2,1-3H3,(H,24,27). The van der Waals surface area contributed by atoms with Gasteiger partial charge in [-0.1, -0.05) is 44.2 Å². The predicted molar refractivity (Wildman–Crippen MR) is 113 cm³/mol. The Balaban J connectivity index is 1.62. The second-order valence-electron chi connectivity index (χ2n) is 7.93. The van der Waals surface area contributed by atoms with Crippen molar-refractivity contribution in [3.8, 4) is 0 Å². The third-order valence-electron chi connectivity index (χ3n) is 6.17. The largest absolute Gasteiger partial charge is 0.450 e. The Kier molecular flexibility index (Phi) is 7.09. The second kappa shape index (κ2) is 9.55. The lowest BCUT2D eigenvalue weighted by Crippen LogP contribution is -2.49. The van der Waals surface area contributed by atoms with Crippen molar-refractivity contribution in [3.05, 3.63) is 47.0 Å². The zero-order valence-electron chi connectivity index (χ0n) is 17.9. The highest BCUT2D eigenvalue weighted by molar-refractivity contribution is 6.07. The number of benzene rings is 1. The van der Waals surface area contributed by atoms with E-state index in [0.29, 0.717) is 30.5 Å². The Morgan fingerprint density at radius 1 is 1.17 bits per heavy atom. The summed E-state index contributed by atoms with van der Waals surface area (Å²) in [6.07, 6.45) is 1.31. The smallest absolute Gasteiger partial charge is 0.335 e. The fourth-order valence-electron chi connectivity index (χ4n) is 4.35. The summed E-state index contributed by atoms with van der Waals surface area (Å²) < 4.78 is 5.79. The van der Waals surface area contributed by atoms with Crippen molar-refractivity contribution in [2.75, 3.05) is 39.3 Å². The van der Waals surface area contributed by atoms with E-state index in [2.05, 4.69) is 41.1 Å².